The SMILES string of the molecule is CCC(=O)Oc1cc(CC)ccc1C(=O)c1ccc(CC)cc1OC(=O)CC. The highest BCUT2D eigenvalue weighted by molar-refractivity contribution is 6.13. The zero-order valence-corrected chi connectivity index (χ0v) is 16.8. The Labute approximate surface area is 165 Å². The summed E-state index contributed by atoms with van der Waals surface area (Å²) >= 11 is 0. The standard InChI is InChI=1S/C23H26O5/c1-5-15-9-11-17(19(13-15)27-21(24)7-3)23(26)18-12-10-16(6-2)14-20(18)28-22(25)8-4/h9-14H,5-8H2,1-4H3. The lowest BCUT2D eigenvalue weighted by Crippen LogP contribution is -2.14. The van der Waals surface area contributed by atoms with Crippen LogP contribution in [-0.2, 0) is 22.4 Å². The molecule has 0 atom stereocenters. The Kier molecular flexibility index (Phi) is 7.50. The van der Waals surface area contributed by atoms with Crippen LogP contribution in [0.15, 0.2) is 36.4 Å². The quantitative estimate of drug-likeness (QED) is 0.377. The number of benzene rings is 2. The van der Waals surface area contributed by atoms with Gasteiger partial charge in [-0.05, 0) is 48.2 Å². The van der Waals surface area contributed by atoms with Crippen molar-refractivity contribution in [3.8, 4) is 11.5 Å². The average Bonchev–Trinajstić information content (AvgIpc) is 2.72. The average molecular weight is 382 g/mol. The van der Waals surface area contributed by atoms with E-state index in [1.807, 2.05) is 26.0 Å². The first-order valence-electron chi connectivity index (χ1n) is 9.65. The second kappa shape index (κ2) is 9.83. The van der Waals surface area contributed by atoms with Gasteiger partial charge in [0.05, 0.1) is 11.1 Å². The second-order valence-electron chi connectivity index (χ2n) is 6.35. The van der Waals surface area contributed by atoms with Crippen molar-refractivity contribution in [1.29, 1.82) is 0 Å². The molecule has 0 amide bonds. The summed E-state index contributed by atoms with van der Waals surface area (Å²) in [4.78, 5) is 36.9. The lowest BCUT2D eigenvalue weighted by atomic mass is 9.98. The predicted molar refractivity (Wildman–Crippen MR) is 107 cm³/mol. The largest absolute Gasteiger partial charge is 0.426 e. The number of ketones is 1. The molecule has 0 fully saturated rings. The fourth-order valence-corrected chi connectivity index (χ4v) is 2.65. The molecule has 0 unspecified atom stereocenters. The Morgan fingerprint density at radius 1 is 0.679 bits per heavy atom. The van der Waals surface area contributed by atoms with Crippen LogP contribution in [0, 0.1) is 0 Å². The van der Waals surface area contributed by atoms with Gasteiger partial charge in [-0.1, -0.05) is 39.8 Å². The van der Waals surface area contributed by atoms with Crippen LogP contribution < -0.4 is 9.47 Å². The summed E-state index contributed by atoms with van der Waals surface area (Å²) in [5, 5.41) is 0. The maximum atomic E-state index is 13.2. The van der Waals surface area contributed by atoms with E-state index in [9.17, 15) is 14.4 Å². The van der Waals surface area contributed by atoms with E-state index < -0.39 is 11.9 Å². The van der Waals surface area contributed by atoms with Crippen molar-refractivity contribution in [2.24, 2.45) is 0 Å². The van der Waals surface area contributed by atoms with Crippen LogP contribution in [0.2, 0.25) is 0 Å². The minimum Gasteiger partial charge on any atom is -0.426 e. The summed E-state index contributed by atoms with van der Waals surface area (Å²) in [6.07, 6.45) is 1.90. The highest BCUT2D eigenvalue weighted by Gasteiger charge is 2.22. The van der Waals surface area contributed by atoms with Gasteiger partial charge in [-0.2, -0.15) is 0 Å². The minimum absolute atomic E-state index is 0.203. The fraction of sp³-hybridized carbons (Fsp3) is 0.348. The van der Waals surface area contributed by atoms with Gasteiger partial charge in [0, 0.05) is 12.8 Å². The topological polar surface area (TPSA) is 69.7 Å². The van der Waals surface area contributed by atoms with E-state index in [0.717, 1.165) is 24.0 Å². The maximum absolute atomic E-state index is 13.2. The molecular weight excluding hydrogens is 356 g/mol. The van der Waals surface area contributed by atoms with Crippen LogP contribution in [0.3, 0.4) is 0 Å². The molecule has 2 aromatic rings. The van der Waals surface area contributed by atoms with Gasteiger partial charge in [0.2, 0.25) is 5.78 Å². The van der Waals surface area contributed by atoms with Crippen LogP contribution in [0.1, 0.15) is 67.6 Å². The smallest absolute Gasteiger partial charge is 0.310 e. The van der Waals surface area contributed by atoms with Gasteiger partial charge < -0.3 is 9.47 Å². The van der Waals surface area contributed by atoms with E-state index in [4.69, 9.17) is 9.47 Å². The Bertz CT molecular complexity index is 811. The zero-order chi connectivity index (χ0) is 20.7. The maximum Gasteiger partial charge on any atom is 0.310 e. The van der Waals surface area contributed by atoms with E-state index >= 15 is 0 Å². The third-order valence-corrected chi connectivity index (χ3v) is 4.42. The van der Waals surface area contributed by atoms with Crippen molar-refractivity contribution in [1.82, 2.24) is 0 Å². The van der Waals surface area contributed by atoms with E-state index in [1.54, 1.807) is 38.1 Å². The summed E-state index contributed by atoms with van der Waals surface area (Å²) in [7, 11) is 0. The molecule has 0 N–H and O–H groups in total. The third-order valence-electron chi connectivity index (χ3n) is 4.42. The van der Waals surface area contributed by atoms with Crippen molar-refractivity contribution < 1.29 is 23.9 Å². The predicted octanol–water partition coefficient (Wildman–Crippen LogP) is 4.67. The molecule has 2 aromatic carbocycles. The molecule has 0 saturated heterocycles. The van der Waals surface area contributed by atoms with E-state index in [2.05, 4.69) is 0 Å². The molecular formula is C23H26O5. The molecule has 5 heteroatoms. The number of aryl methyl sites for hydroxylation is 2. The molecule has 148 valence electrons. The first-order chi connectivity index (χ1) is 13.4. The number of ether oxygens (including phenoxy) is 2. The van der Waals surface area contributed by atoms with Gasteiger partial charge in [-0.3, -0.25) is 14.4 Å². The number of hydrogen-bond acceptors (Lipinski definition) is 5. The lowest BCUT2D eigenvalue weighted by Gasteiger charge is -2.14. The van der Waals surface area contributed by atoms with Gasteiger partial charge in [-0.15, -0.1) is 0 Å². The van der Waals surface area contributed by atoms with Crippen molar-refractivity contribution >= 4 is 17.7 Å². The normalized spacial score (nSPS) is 10.4. The molecule has 0 aliphatic heterocycles. The summed E-state index contributed by atoms with van der Waals surface area (Å²) < 4.78 is 10.8. The van der Waals surface area contributed by atoms with Crippen LogP contribution in [0.5, 0.6) is 11.5 Å². The molecule has 0 aliphatic carbocycles. The molecule has 0 spiro atoms. The third kappa shape index (κ3) is 5.06. The highest BCUT2D eigenvalue weighted by atomic mass is 16.5. The van der Waals surface area contributed by atoms with Gasteiger partial charge in [0.1, 0.15) is 11.5 Å². The Morgan fingerprint density at radius 2 is 1.07 bits per heavy atom. The van der Waals surface area contributed by atoms with E-state index in [1.165, 1.54) is 0 Å². The van der Waals surface area contributed by atoms with Crippen molar-refractivity contribution in [2.45, 2.75) is 53.4 Å². The van der Waals surface area contributed by atoms with Crippen LogP contribution >= 0.6 is 0 Å². The van der Waals surface area contributed by atoms with Gasteiger partial charge in [-0.25, -0.2) is 0 Å². The van der Waals surface area contributed by atoms with Crippen LogP contribution in [0.4, 0.5) is 0 Å². The molecule has 0 saturated carbocycles. The Balaban J connectivity index is 2.53. The summed E-state index contributed by atoms with van der Waals surface area (Å²) in [5.74, 6) is -0.738. The molecule has 0 radical (unpaired) electrons. The Hall–Kier alpha value is -2.95. The Morgan fingerprint density at radius 3 is 1.39 bits per heavy atom. The van der Waals surface area contributed by atoms with E-state index in [-0.39, 0.29) is 41.3 Å². The first kappa shape index (κ1) is 21.4. The molecule has 5 nitrogen and oxygen atoms in total. The van der Waals surface area contributed by atoms with Crippen LogP contribution in [-0.4, -0.2) is 17.7 Å². The molecule has 0 aliphatic rings. The number of carbonyl (C=O) groups excluding carboxylic acids is 3. The molecule has 0 aromatic heterocycles. The van der Waals surface area contributed by atoms with Gasteiger partial charge in [0.15, 0.2) is 0 Å². The lowest BCUT2D eigenvalue weighted by molar-refractivity contribution is -0.134. The van der Waals surface area contributed by atoms with Gasteiger partial charge >= 0.3 is 11.9 Å². The highest BCUT2D eigenvalue weighted by Crippen LogP contribution is 2.29. The fourth-order valence-electron chi connectivity index (χ4n) is 2.65. The second-order valence-corrected chi connectivity index (χ2v) is 6.35. The van der Waals surface area contributed by atoms with Crippen molar-refractivity contribution in [2.75, 3.05) is 0 Å². The molecule has 0 bridgehead atoms. The summed E-state index contributed by atoms with van der Waals surface area (Å²) in [6.45, 7) is 7.35. The molecule has 0 heterocycles. The van der Waals surface area contributed by atoms with Crippen LogP contribution in [0.25, 0.3) is 0 Å². The van der Waals surface area contributed by atoms with Crippen molar-refractivity contribution in [3.05, 3.63) is 58.7 Å². The molecule has 2 rings (SSSR count). The monoisotopic (exact) mass is 382 g/mol. The van der Waals surface area contributed by atoms with E-state index in [0.29, 0.717) is 0 Å². The zero-order valence-electron chi connectivity index (χ0n) is 16.8. The number of carbonyl (C=O) groups is 3. The van der Waals surface area contributed by atoms with Crippen molar-refractivity contribution in [3.63, 3.8) is 0 Å². The minimum atomic E-state index is -0.415. The molecule has 28 heavy (non-hydrogen) atoms. The summed E-state index contributed by atoms with van der Waals surface area (Å²) in [5.41, 5.74) is 2.43. The van der Waals surface area contributed by atoms with Gasteiger partial charge in [0.25, 0.3) is 0 Å². The first-order valence-corrected chi connectivity index (χ1v) is 9.65. The number of esters is 2. The number of hydrogen-bond donors (Lipinski definition) is 0. The summed E-state index contributed by atoms with van der Waals surface area (Å²) in [6, 6.07) is 10.4. The number of rotatable bonds is 8.